The molecule has 4 heterocycles. The van der Waals surface area contributed by atoms with Gasteiger partial charge in [0.05, 0.1) is 6.04 Å². The second-order valence-corrected chi connectivity index (χ2v) is 7.39. The van der Waals surface area contributed by atoms with Crippen molar-refractivity contribution in [2.45, 2.75) is 19.4 Å². The number of amides is 2. The van der Waals surface area contributed by atoms with Gasteiger partial charge in [-0.2, -0.15) is 0 Å². The molecule has 118 valence electrons. The molecule has 0 unspecified atom stereocenters. The summed E-state index contributed by atoms with van der Waals surface area (Å²) >= 11 is 3.44. The molecular formula is C16H15N3O2S2. The Hall–Kier alpha value is -2.12. The molecular weight excluding hydrogens is 330 g/mol. The van der Waals surface area contributed by atoms with Crippen LogP contribution in [0.15, 0.2) is 39.5 Å². The average molecular weight is 345 g/mol. The zero-order valence-electron chi connectivity index (χ0n) is 12.5. The van der Waals surface area contributed by atoms with Gasteiger partial charge in [-0.3, -0.25) is 5.32 Å². The number of aryl methyl sites for hydroxylation is 1. The van der Waals surface area contributed by atoms with Crippen molar-refractivity contribution >= 4 is 34.5 Å². The van der Waals surface area contributed by atoms with Gasteiger partial charge in [-0.15, -0.1) is 22.7 Å². The van der Waals surface area contributed by atoms with Crippen LogP contribution in [0.1, 0.15) is 27.1 Å². The number of rotatable bonds is 2. The predicted octanol–water partition coefficient (Wildman–Crippen LogP) is 4.29. The van der Waals surface area contributed by atoms with Gasteiger partial charge in [-0.1, -0.05) is 11.2 Å². The first kappa shape index (κ1) is 14.5. The molecule has 2 amide bonds. The molecule has 3 aromatic rings. The Morgan fingerprint density at radius 2 is 2.30 bits per heavy atom. The first-order valence-electron chi connectivity index (χ1n) is 7.33. The molecule has 23 heavy (non-hydrogen) atoms. The summed E-state index contributed by atoms with van der Waals surface area (Å²) in [4.78, 5) is 17.2. The Morgan fingerprint density at radius 3 is 3.04 bits per heavy atom. The summed E-state index contributed by atoms with van der Waals surface area (Å²) in [6.07, 6.45) is 0.889. The second kappa shape index (κ2) is 5.82. The van der Waals surface area contributed by atoms with Crippen LogP contribution in [0.25, 0.3) is 0 Å². The van der Waals surface area contributed by atoms with E-state index in [-0.39, 0.29) is 12.1 Å². The minimum Gasteiger partial charge on any atom is -0.360 e. The Balaban J connectivity index is 1.65. The minimum atomic E-state index is -0.145. The van der Waals surface area contributed by atoms with Crippen molar-refractivity contribution < 1.29 is 9.32 Å². The van der Waals surface area contributed by atoms with Gasteiger partial charge in [-0.25, -0.2) is 4.79 Å². The van der Waals surface area contributed by atoms with Gasteiger partial charge in [-0.05, 0) is 41.8 Å². The number of carbonyl (C=O) groups is 1. The summed E-state index contributed by atoms with van der Waals surface area (Å²) in [6, 6.07) is 7.79. The average Bonchev–Trinajstić information content (AvgIpc) is 3.27. The number of urea groups is 1. The van der Waals surface area contributed by atoms with Gasteiger partial charge in [0, 0.05) is 22.4 Å². The van der Waals surface area contributed by atoms with Crippen LogP contribution < -0.4 is 5.32 Å². The third-order valence-corrected chi connectivity index (χ3v) is 5.82. The normalized spacial score (nSPS) is 17.1. The Kier molecular flexibility index (Phi) is 3.66. The summed E-state index contributed by atoms with van der Waals surface area (Å²) in [7, 11) is 0. The molecule has 0 radical (unpaired) electrons. The number of nitrogens with one attached hydrogen (secondary N) is 1. The van der Waals surface area contributed by atoms with Crippen LogP contribution in [0.2, 0.25) is 0 Å². The first-order valence-corrected chi connectivity index (χ1v) is 9.09. The van der Waals surface area contributed by atoms with E-state index in [0.29, 0.717) is 18.1 Å². The van der Waals surface area contributed by atoms with Crippen molar-refractivity contribution in [2.24, 2.45) is 0 Å². The molecule has 0 fully saturated rings. The monoisotopic (exact) mass is 345 g/mol. The van der Waals surface area contributed by atoms with Gasteiger partial charge < -0.3 is 9.42 Å². The zero-order valence-corrected chi connectivity index (χ0v) is 14.1. The van der Waals surface area contributed by atoms with E-state index in [0.717, 1.165) is 6.42 Å². The molecule has 0 saturated heterocycles. The summed E-state index contributed by atoms with van der Waals surface area (Å²) in [6.45, 7) is 2.49. The molecule has 1 atom stereocenters. The lowest BCUT2D eigenvalue weighted by atomic mass is 9.99. The van der Waals surface area contributed by atoms with Gasteiger partial charge in [0.25, 0.3) is 0 Å². The van der Waals surface area contributed by atoms with Crippen molar-refractivity contribution in [3.05, 3.63) is 56.1 Å². The van der Waals surface area contributed by atoms with Crippen molar-refractivity contribution in [2.75, 3.05) is 11.9 Å². The number of nitrogens with zero attached hydrogens (tertiary/aromatic N) is 2. The molecule has 4 rings (SSSR count). The fourth-order valence-electron chi connectivity index (χ4n) is 2.90. The summed E-state index contributed by atoms with van der Waals surface area (Å²) < 4.78 is 5.02. The van der Waals surface area contributed by atoms with E-state index in [1.165, 1.54) is 15.3 Å². The standard InChI is InChI=1S/C16H15N3O2S2/c1-10-9-14(18-21-10)17-16(20)19-6-4-12-11(5-8-23-12)15(19)13-3-2-7-22-13/h2-3,5,7-9,15H,4,6H2,1H3,(H,17,18,20)/t15-/m1/s1. The summed E-state index contributed by atoms with van der Waals surface area (Å²) in [5.41, 5.74) is 1.23. The van der Waals surface area contributed by atoms with Crippen molar-refractivity contribution in [3.63, 3.8) is 0 Å². The molecule has 7 heteroatoms. The quantitative estimate of drug-likeness (QED) is 0.754. The van der Waals surface area contributed by atoms with E-state index < -0.39 is 0 Å². The molecule has 3 aromatic heterocycles. The lowest BCUT2D eigenvalue weighted by Crippen LogP contribution is -2.42. The van der Waals surface area contributed by atoms with Crippen LogP contribution in [0.5, 0.6) is 0 Å². The zero-order chi connectivity index (χ0) is 15.8. The highest BCUT2D eigenvalue weighted by molar-refractivity contribution is 7.10. The maximum atomic E-state index is 12.8. The van der Waals surface area contributed by atoms with E-state index in [1.54, 1.807) is 35.7 Å². The third-order valence-electron chi connectivity index (χ3n) is 3.90. The lowest BCUT2D eigenvalue weighted by Gasteiger charge is -2.35. The van der Waals surface area contributed by atoms with Gasteiger partial charge in [0.15, 0.2) is 5.82 Å². The molecule has 0 aliphatic carbocycles. The SMILES string of the molecule is Cc1cc(NC(=O)N2CCc3sccc3[C@@H]2c2cccs2)no1. The van der Waals surface area contributed by atoms with E-state index in [4.69, 9.17) is 4.52 Å². The van der Waals surface area contributed by atoms with Crippen molar-refractivity contribution in [3.8, 4) is 0 Å². The number of carbonyl (C=O) groups excluding carboxylic acids is 1. The van der Waals surface area contributed by atoms with Crippen LogP contribution in [0, 0.1) is 6.92 Å². The molecule has 0 spiro atoms. The van der Waals surface area contributed by atoms with Crippen LogP contribution in [0.4, 0.5) is 10.6 Å². The maximum absolute atomic E-state index is 12.8. The second-order valence-electron chi connectivity index (χ2n) is 5.41. The van der Waals surface area contributed by atoms with Crippen molar-refractivity contribution in [1.82, 2.24) is 10.1 Å². The molecule has 5 nitrogen and oxygen atoms in total. The Morgan fingerprint density at radius 1 is 1.39 bits per heavy atom. The van der Waals surface area contributed by atoms with Crippen LogP contribution >= 0.6 is 22.7 Å². The smallest absolute Gasteiger partial charge is 0.323 e. The fourth-order valence-corrected chi connectivity index (χ4v) is 4.65. The highest BCUT2D eigenvalue weighted by Crippen LogP contribution is 2.39. The van der Waals surface area contributed by atoms with Gasteiger partial charge >= 0.3 is 6.03 Å². The third kappa shape index (κ3) is 2.66. The number of hydrogen-bond donors (Lipinski definition) is 1. The highest BCUT2D eigenvalue weighted by Gasteiger charge is 2.33. The van der Waals surface area contributed by atoms with Gasteiger partial charge in [0.1, 0.15) is 5.76 Å². The molecule has 1 N–H and O–H groups in total. The van der Waals surface area contributed by atoms with Crippen LogP contribution in [0.3, 0.4) is 0 Å². The number of hydrogen-bond acceptors (Lipinski definition) is 5. The lowest BCUT2D eigenvalue weighted by molar-refractivity contribution is 0.195. The first-order chi connectivity index (χ1) is 11.2. The maximum Gasteiger partial charge on any atom is 0.323 e. The summed E-state index contributed by atoms with van der Waals surface area (Å²) in [5.74, 6) is 1.13. The Labute approximate surface area is 141 Å². The van der Waals surface area contributed by atoms with Gasteiger partial charge in [0.2, 0.25) is 0 Å². The highest BCUT2D eigenvalue weighted by atomic mass is 32.1. The number of thiophene rings is 2. The number of fused-ring (bicyclic) bond motifs is 1. The molecule has 0 bridgehead atoms. The topological polar surface area (TPSA) is 58.4 Å². The summed E-state index contributed by atoms with van der Waals surface area (Å²) in [5, 5.41) is 10.8. The molecule has 0 aromatic carbocycles. The predicted molar refractivity (Wildman–Crippen MR) is 91.1 cm³/mol. The van der Waals surface area contributed by atoms with E-state index in [1.807, 2.05) is 16.3 Å². The minimum absolute atomic E-state index is 0.0296. The molecule has 1 aliphatic rings. The number of anilines is 1. The number of aromatic nitrogens is 1. The largest absolute Gasteiger partial charge is 0.360 e. The van der Waals surface area contributed by atoms with E-state index in [2.05, 4.69) is 28.0 Å². The van der Waals surface area contributed by atoms with Crippen LogP contribution in [-0.4, -0.2) is 22.6 Å². The van der Waals surface area contributed by atoms with Crippen molar-refractivity contribution in [1.29, 1.82) is 0 Å². The fraction of sp³-hybridized carbons (Fsp3) is 0.250. The van der Waals surface area contributed by atoms with Crippen LogP contribution in [-0.2, 0) is 6.42 Å². The molecule has 0 saturated carbocycles. The van der Waals surface area contributed by atoms with E-state index in [9.17, 15) is 4.79 Å². The Bertz CT molecular complexity index is 822. The molecule has 1 aliphatic heterocycles. The van der Waals surface area contributed by atoms with E-state index >= 15 is 0 Å².